The molecule has 1 unspecified atom stereocenters. The Bertz CT molecular complexity index is 1040. The molecule has 2 aromatic heterocycles. The van der Waals surface area contributed by atoms with Crippen molar-refractivity contribution in [1.29, 1.82) is 0 Å². The monoisotopic (exact) mass is 471 g/mol. The van der Waals surface area contributed by atoms with Gasteiger partial charge in [-0.2, -0.15) is 11.3 Å². The van der Waals surface area contributed by atoms with Gasteiger partial charge in [0.1, 0.15) is 0 Å². The molecule has 0 bridgehead atoms. The zero-order chi connectivity index (χ0) is 23.2. The van der Waals surface area contributed by atoms with Crippen molar-refractivity contribution < 1.29 is 23.4 Å². The van der Waals surface area contributed by atoms with Crippen LogP contribution in [-0.2, 0) is 0 Å². The molecule has 0 spiro atoms. The number of hydrogen-bond donors (Lipinski definition) is 0. The molecule has 8 nitrogen and oxygen atoms in total. The molecule has 33 heavy (non-hydrogen) atoms. The van der Waals surface area contributed by atoms with Crippen LogP contribution in [-0.4, -0.2) is 53.9 Å². The summed E-state index contributed by atoms with van der Waals surface area (Å²) < 4.78 is 23.2. The van der Waals surface area contributed by atoms with Crippen molar-refractivity contribution in [2.75, 3.05) is 32.9 Å². The van der Waals surface area contributed by atoms with Crippen LogP contribution >= 0.6 is 11.3 Å². The molecule has 1 fully saturated rings. The van der Waals surface area contributed by atoms with Gasteiger partial charge in [0.25, 0.3) is 5.91 Å². The SMILES string of the molecule is CCOc1cc(C(=O)N2CCCC(c3nnc(-c4ccsc4)o3)C2)cc(OCC)c1OCC. The molecule has 4 rings (SSSR count). The zero-order valence-electron chi connectivity index (χ0n) is 19.2. The van der Waals surface area contributed by atoms with Gasteiger partial charge in [-0.05, 0) is 57.2 Å². The van der Waals surface area contributed by atoms with Crippen LogP contribution in [0.15, 0.2) is 33.4 Å². The van der Waals surface area contributed by atoms with Crippen molar-refractivity contribution in [3.63, 3.8) is 0 Å². The first-order valence-corrected chi connectivity index (χ1v) is 12.3. The minimum Gasteiger partial charge on any atom is -0.490 e. The van der Waals surface area contributed by atoms with E-state index in [2.05, 4.69) is 10.2 Å². The average molecular weight is 472 g/mol. The zero-order valence-corrected chi connectivity index (χ0v) is 20.0. The van der Waals surface area contributed by atoms with Crippen LogP contribution in [0.5, 0.6) is 17.2 Å². The first-order valence-electron chi connectivity index (χ1n) is 11.4. The predicted octanol–water partition coefficient (Wildman–Crippen LogP) is 5.01. The third-order valence-electron chi connectivity index (χ3n) is 5.42. The van der Waals surface area contributed by atoms with Gasteiger partial charge in [0.15, 0.2) is 11.5 Å². The smallest absolute Gasteiger partial charge is 0.254 e. The third-order valence-corrected chi connectivity index (χ3v) is 6.11. The molecule has 9 heteroatoms. The van der Waals surface area contributed by atoms with Gasteiger partial charge in [0.05, 0.1) is 25.7 Å². The number of amides is 1. The number of ether oxygens (including phenoxy) is 3. The minimum atomic E-state index is -0.0813. The Kier molecular flexibility index (Phi) is 7.49. The third kappa shape index (κ3) is 5.13. The lowest BCUT2D eigenvalue weighted by molar-refractivity contribution is 0.0697. The highest BCUT2D eigenvalue weighted by molar-refractivity contribution is 7.08. The van der Waals surface area contributed by atoms with Gasteiger partial charge < -0.3 is 23.5 Å². The fourth-order valence-electron chi connectivity index (χ4n) is 3.96. The summed E-state index contributed by atoms with van der Waals surface area (Å²) >= 11 is 1.58. The highest BCUT2D eigenvalue weighted by Gasteiger charge is 2.30. The average Bonchev–Trinajstić information content (AvgIpc) is 3.53. The highest BCUT2D eigenvalue weighted by Crippen LogP contribution is 2.40. The largest absolute Gasteiger partial charge is 0.490 e. The van der Waals surface area contributed by atoms with E-state index < -0.39 is 0 Å². The summed E-state index contributed by atoms with van der Waals surface area (Å²) in [5.41, 5.74) is 1.43. The fourth-order valence-corrected chi connectivity index (χ4v) is 4.59. The summed E-state index contributed by atoms with van der Waals surface area (Å²) in [5, 5.41) is 12.4. The normalized spacial score (nSPS) is 16.0. The highest BCUT2D eigenvalue weighted by atomic mass is 32.1. The topological polar surface area (TPSA) is 86.9 Å². The maximum Gasteiger partial charge on any atom is 0.254 e. The van der Waals surface area contributed by atoms with Gasteiger partial charge in [-0.3, -0.25) is 4.79 Å². The van der Waals surface area contributed by atoms with E-state index in [4.69, 9.17) is 18.6 Å². The summed E-state index contributed by atoms with van der Waals surface area (Å²) in [4.78, 5) is 15.3. The lowest BCUT2D eigenvalue weighted by Gasteiger charge is -2.31. The predicted molar refractivity (Wildman–Crippen MR) is 125 cm³/mol. The Morgan fingerprint density at radius 1 is 1.12 bits per heavy atom. The van der Waals surface area contributed by atoms with Crippen molar-refractivity contribution >= 4 is 17.2 Å². The maximum absolute atomic E-state index is 13.5. The van der Waals surface area contributed by atoms with Gasteiger partial charge in [0, 0.05) is 29.6 Å². The number of carbonyl (C=O) groups is 1. The van der Waals surface area contributed by atoms with Crippen molar-refractivity contribution in [3.05, 3.63) is 40.4 Å². The number of benzene rings is 1. The van der Waals surface area contributed by atoms with E-state index in [1.54, 1.807) is 23.5 Å². The number of piperidine rings is 1. The molecular weight excluding hydrogens is 442 g/mol. The van der Waals surface area contributed by atoms with Crippen LogP contribution in [0.4, 0.5) is 0 Å². The standard InChI is InChI=1S/C24H29N3O5S/c1-4-29-19-12-18(13-20(30-5-2)21(19)31-6-3)24(28)27-10-7-8-16(14-27)22-25-26-23(32-22)17-9-11-33-15-17/h9,11-13,15-16H,4-8,10,14H2,1-3H3. The molecule has 3 heterocycles. The molecule has 1 saturated heterocycles. The number of carbonyl (C=O) groups excluding carboxylic acids is 1. The van der Waals surface area contributed by atoms with Crippen LogP contribution < -0.4 is 14.2 Å². The molecule has 0 radical (unpaired) electrons. The molecule has 176 valence electrons. The lowest BCUT2D eigenvalue weighted by atomic mass is 9.97. The summed E-state index contributed by atoms with van der Waals surface area (Å²) in [6, 6.07) is 5.44. The number of nitrogens with zero attached hydrogens (tertiary/aromatic N) is 3. The first-order chi connectivity index (χ1) is 16.1. The maximum atomic E-state index is 13.5. The molecule has 0 saturated carbocycles. The second kappa shape index (κ2) is 10.7. The van der Waals surface area contributed by atoms with E-state index >= 15 is 0 Å². The minimum absolute atomic E-state index is 0.00279. The van der Waals surface area contributed by atoms with Gasteiger partial charge in [-0.15, -0.1) is 10.2 Å². The molecule has 1 amide bonds. The Labute approximate surface area is 197 Å². The summed E-state index contributed by atoms with van der Waals surface area (Å²) in [6.07, 6.45) is 1.76. The van der Waals surface area contributed by atoms with Crippen molar-refractivity contribution in [3.8, 4) is 28.7 Å². The molecule has 1 atom stereocenters. The summed E-state index contributed by atoms with van der Waals surface area (Å²) in [5.74, 6) is 2.57. The van der Waals surface area contributed by atoms with Crippen molar-refractivity contribution in [2.45, 2.75) is 39.5 Å². The van der Waals surface area contributed by atoms with Gasteiger partial charge in [-0.1, -0.05) is 0 Å². The van der Waals surface area contributed by atoms with E-state index in [9.17, 15) is 4.79 Å². The van der Waals surface area contributed by atoms with Gasteiger partial charge in [0.2, 0.25) is 17.5 Å². The Morgan fingerprint density at radius 3 is 2.48 bits per heavy atom. The van der Waals surface area contributed by atoms with Crippen LogP contribution in [0.2, 0.25) is 0 Å². The first kappa shape index (κ1) is 23.1. The molecule has 1 aliphatic rings. The van der Waals surface area contributed by atoms with Crippen molar-refractivity contribution in [1.82, 2.24) is 15.1 Å². The molecular formula is C24H29N3O5S. The number of rotatable bonds is 9. The quantitative estimate of drug-likeness (QED) is 0.433. The van der Waals surface area contributed by atoms with E-state index in [1.807, 2.05) is 42.5 Å². The van der Waals surface area contributed by atoms with Gasteiger partial charge in [-0.25, -0.2) is 0 Å². The molecule has 0 aliphatic carbocycles. The second-order valence-corrected chi connectivity index (χ2v) is 8.43. The van der Waals surface area contributed by atoms with E-state index in [0.717, 1.165) is 18.4 Å². The Morgan fingerprint density at radius 2 is 1.85 bits per heavy atom. The number of aromatic nitrogens is 2. The molecule has 1 aromatic carbocycles. The van der Waals surface area contributed by atoms with E-state index in [1.165, 1.54) is 0 Å². The molecule has 3 aromatic rings. The Hall–Kier alpha value is -3.07. The molecule has 1 aliphatic heterocycles. The second-order valence-electron chi connectivity index (χ2n) is 7.65. The van der Waals surface area contributed by atoms with Crippen LogP contribution in [0.1, 0.15) is 55.8 Å². The summed E-state index contributed by atoms with van der Waals surface area (Å²) in [6.45, 7) is 8.27. The Balaban J connectivity index is 1.55. The van der Waals surface area contributed by atoms with Gasteiger partial charge >= 0.3 is 0 Å². The van der Waals surface area contributed by atoms with Crippen LogP contribution in [0, 0.1) is 0 Å². The summed E-state index contributed by atoms with van der Waals surface area (Å²) in [7, 11) is 0. The number of thiophene rings is 1. The lowest BCUT2D eigenvalue weighted by Crippen LogP contribution is -2.39. The van der Waals surface area contributed by atoms with Crippen molar-refractivity contribution in [2.24, 2.45) is 0 Å². The molecule has 0 N–H and O–H groups in total. The fraction of sp³-hybridized carbons (Fsp3) is 0.458. The number of likely N-dealkylation sites (tertiary alicyclic amines) is 1. The van der Waals surface area contributed by atoms with Crippen LogP contribution in [0.25, 0.3) is 11.5 Å². The van der Waals surface area contributed by atoms with E-state index in [0.29, 0.717) is 67.5 Å². The number of hydrogen-bond acceptors (Lipinski definition) is 8. The van der Waals surface area contributed by atoms with Crippen LogP contribution in [0.3, 0.4) is 0 Å². The van der Waals surface area contributed by atoms with E-state index in [-0.39, 0.29) is 11.8 Å².